The maximum atomic E-state index is 5.26. The Labute approximate surface area is 101 Å². The van der Waals surface area contributed by atoms with E-state index in [1.54, 1.807) is 0 Å². The molecular formula is C12H15N3S. The lowest BCUT2D eigenvalue weighted by atomic mass is 10.1. The highest BCUT2D eigenvalue weighted by Crippen LogP contribution is 2.05. The summed E-state index contributed by atoms with van der Waals surface area (Å²) in [5.74, 6) is 0. The summed E-state index contributed by atoms with van der Waals surface area (Å²) >= 11 is 4.64. The summed E-state index contributed by atoms with van der Waals surface area (Å²) in [6.07, 6.45) is 3.90. The van der Waals surface area contributed by atoms with E-state index >= 15 is 0 Å². The van der Waals surface area contributed by atoms with Gasteiger partial charge in [0, 0.05) is 0 Å². The molecule has 1 aromatic rings. The summed E-state index contributed by atoms with van der Waals surface area (Å²) in [5, 5.41) is 4.14. The minimum absolute atomic E-state index is 0.170. The van der Waals surface area contributed by atoms with Gasteiger partial charge in [0.2, 0.25) is 0 Å². The first-order chi connectivity index (χ1) is 7.58. The van der Waals surface area contributed by atoms with Crippen molar-refractivity contribution < 1.29 is 0 Å². The summed E-state index contributed by atoms with van der Waals surface area (Å²) in [6.45, 7) is 3.93. The van der Waals surface area contributed by atoms with Crippen LogP contribution in [0.2, 0.25) is 0 Å². The topological polar surface area (TPSA) is 50.4 Å². The molecule has 3 nitrogen and oxygen atoms in total. The van der Waals surface area contributed by atoms with Gasteiger partial charge in [-0.3, -0.25) is 5.43 Å². The highest BCUT2D eigenvalue weighted by molar-refractivity contribution is 7.80. The van der Waals surface area contributed by atoms with E-state index in [1.165, 1.54) is 5.56 Å². The molecular weight excluding hydrogens is 218 g/mol. The van der Waals surface area contributed by atoms with Crippen LogP contribution in [0.3, 0.4) is 0 Å². The quantitative estimate of drug-likeness (QED) is 0.478. The number of thiocarbonyl (C=S) groups is 1. The summed E-state index contributed by atoms with van der Waals surface area (Å²) < 4.78 is 0. The van der Waals surface area contributed by atoms with Gasteiger partial charge in [-0.15, -0.1) is 0 Å². The maximum Gasteiger partial charge on any atom is 0.184 e. The van der Waals surface area contributed by atoms with Crippen molar-refractivity contribution in [3.05, 3.63) is 41.5 Å². The number of nitrogens with one attached hydrogen (secondary N) is 1. The monoisotopic (exact) mass is 233 g/mol. The number of hydrazone groups is 1. The van der Waals surface area contributed by atoms with E-state index in [-0.39, 0.29) is 5.11 Å². The molecule has 0 radical (unpaired) electrons. The van der Waals surface area contributed by atoms with E-state index in [1.807, 2.05) is 31.2 Å². The SMILES string of the molecule is CC(/C=C/c1cccc(C)c1)=N/NC(N)=S. The van der Waals surface area contributed by atoms with E-state index in [4.69, 9.17) is 5.73 Å². The lowest BCUT2D eigenvalue weighted by Crippen LogP contribution is -2.24. The maximum absolute atomic E-state index is 5.26. The van der Waals surface area contributed by atoms with Crippen LogP contribution in [-0.2, 0) is 0 Å². The van der Waals surface area contributed by atoms with Crippen molar-refractivity contribution in [2.45, 2.75) is 13.8 Å². The molecule has 0 fully saturated rings. The first-order valence-electron chi connectivity index (χ1n) is 4.92. The van der Waals surface area contributed by atoms with Crippen LogP contribution in [0, 0.1) is 6.92 Å². The lowest BCUT2D eigenvalue weighted by Gasteiger charge is -1.97. The zero-order chi connectivity index (χ0) is 12.0. The van der Waals surface area contributed by atoms with Gasteiger partial charge in [-0.2, -0.15) is 5.10 Å². The van der Waals surface area contributed by atoms with Gasteiger partial charge in [0.05, 0.1) is 5.71 Å². The second kappa shape index (κ2) is 6.02. The molecule has 0 atom stereocenters. The third kappa shape index (κ3) is 4.70. The van der Waals surface area contributed by atoms with E-state index < -0.39 is 0 Å². The minimum atomic E-state index is 0.170. The molecule has 0 aliphatic carbocycles. The van der Waals surface area contributed by atoms with Gasteiger partial charge in [-0.25, -0.2) is 0 Å². The van der Waals surface area contributed by atoms with Crippen molar-refractivity contribution in [1.82, 2.24) is 5.43 Å². The van der Waals surface area contributed by atoms with Crippen molar-refractivity contribution in [2.75, 3.05) is 0 Å². The van der Waals surface area contributed by atoms with E-state index in [0.717, 1.165) is 11.3 Å². The molecule has 1 rings (SSSR count). The molecule has 0 bridgehead atoms. The Morgan fingerprint density at radius 1 is 1.50 bits per heavy atom. The van der Waals surface area contributed by atoms with E-state index in [9.17, 15) is 0 Å². The Hall–Kier alpha value is -1.68. The van der Waals surface area contributed by atoms with E-state index in [2.05, 4.69) is 41.8 Å². The first-order valence-corrected chi connectivity index (χ1v) is 5.33. The molecule has 0 aliphatic heterocycles. The number of rotatable bonds is 3. The van der Waals surface area contributed by atoms with Crippen LogP contribution in [0.4, 0.5) is 0 Å². The molecule has 0 saturated carbocycles. The Bertz CT molecular complexity index is 436. The Morgan fingerprint density at radius 2 is 2.25 bits per heavy atom. The number of benzene rings is 1. The molecule has 84 valence electrons. The van der Waals surface area contributed by atoms with Crippen LogP contribution in [0.15, 0.2) is 35.4 Å². The van der Waals surface area contributed by atoms with Crippen molar-refractivity contribution in [3.8, 4) is 0 Å². The molecule has 0 spiro atoms. The van der Waals surface area contributed by atoms with Crippen LogP contribution < -0.4 is 11.2 Å². The van der Waals surface area contributed by atoms with Gasteiger partial charge in [0.15, 0.2) is 5.11 Å². The first kappa shape index (κ1) is 12.4. The number of nitrogens with zero attached hydrogens (tertiary/aromatic N) is 1. The fraction of sp³-hybridized carbons (Fsp3) is 0.167. The summed E-state index contributed by atoms with van der Waals surface area (Å²) in [6, 6.07) is 8.23. The lowest BCUT2D eigenvalue weighted by molar-refractivity contribution is 1.03. The predicted molar refractivity (Wildman–Crippen MR) is 73.2 cm³/mol. The van der Waals surface area contributed by atoms with Crippen LogP contribution in [0.5, 0.6) is 0 Å². The number of hydrogen-bond acceptors (Lipinski definition) is 2. The number of nitrogens with two attached hydrogens (primary N) is 1. The van der Waals surface area contributed by atoms with Crippen LogP contribution in [0.1, 0.15) is 18.1 Å². The Morgan fingerprint density at radius 3 is 2.88 bits per heavy atom. The summed E-state index contributed by atoms with van der Waals surface area (Å²) in [7, 11) is 0. The molecule has 4 heteroatoms. The normalized spacial score (nSPS) is 11.8. The van der Waals surface area contributed by atoms with Gasteiger partial charge in [-0.1, -0.05) is 35.9 Å². The van der Waals surface area contributed by atoms with Crippen LogP contribution in [0.25, 0.3) is 6.08 Å². The fourth-order valence-electron chi connectivity index (χ4n) is 1.17. The molecule has 0 amide bonds. The molecule has 0 aliphatic rings. The number of allylic oxidation sites excluding steroid dienone is 1. The number of aryl methyl sites for hydroxylation is 1. The fourth-order valence-corrected chi connectivity index (χ4v) is 1.22. The van der Waals surface area contributed by atoms with Gasteiger partial charge in [0.25, 0.3) is 0 Å². The highest BCUT2D eigenvalue weighted by Gasteiger charge is 1.89. The minimum Gasteiger partial charge on any atom is -0.375 e. The van der Waals surface area contributed by atoms with E-state index in [0.29, 0.717) is 0 Å². The van der Waals surface area contributed by atoms with Crippen LogP contribution in [-0.4, -0.2) is 10.8 Å². The second-order valence-electron chi connectivity index (χ2n) is 3.48. The van der Waals surface area contributed by atoms with Gasteiger partial charge >= 0.3 is 0 Å². The third-order valence-electron chi connectivity index (χ3n) is 1.90. The predicted octanol–water partition coefficient (Wildman–Crippen LogP) is 2.22. The smallest absolute Gasteiger partial charge is 0.184 e. The van der Waals surface area contributed by atoms with Gasteiger partial charge in [-0.05, 0) is 37.7 Å². The zero-order valence-corrected chi connectivity index (χ0v) is 10.2. The van der Waals surface area contributed by atoms with Crippen LogP contribution >= 0.6 is 12.2 Å². The summed E-state index contributed by atoms with van der Waals surface area (Å²) in [5.41, 5.74) is 11.0. The molecule has 0 aromatic heterocycles. The van der Waals surface area contributed by atoms with Gasteiger partial charge in [0.1, 0.15) is 0 Å². The molecule has 0 saturated heterocycles. The van der Waals surface area contributed by atoms with Crippen molar-refractivity contribution in [1.29, 1.82) is 0 Å². The molecule has 3 N–H and O–H groups in total. The van der Waals surface area contributed by atoms with Gasteiger partial charge < -0.3 is 5.73 Å². The highest BCUT2D eigenvalue weighted by atomic mass is 32.1. The largest absolute Gasteiger partial charge is 0.375 e. The molecule has 0 unspecified atom stereocenters. The average Bonchev–Trinajstić information content (AvgIpc) is 2.23. The van der Waals surface area contributed by atoms with Crippen molar-refractivity contribution in [2.24, 2.45) is 10.8 Å². The number of hydrogen-bond donors (Lipinski definition) is 2. The standard InChI is InChI=1S/C12H15N3S/c1-9-4-3-5-11(8-9)7-6-10(2)14-15-12(13)16/h3-8H,1-2H3,(H3,13,15,16)/b7-6+,14-10-. The van der Waals surface area contributed by atoms with Crippen molar-refractivity contribution >= 4 is 29.1 Å². The average molecular weight is 233 g/mol. The Balaban J connectivity index is 2.66. The molecule has 0 heterocycles. The zero-order valence-electron chi connectivity index (χ0n) is 9.40. The van der Waals surface area contributed by atoms with Crippen molar-refractivity contribution in [3.63, 3.8) is 0 Å². The second-order valence-corrected chi connectivity index (χ2v) is 3.92. The Kier molecular flexibility index (Phi) is 4.66. The molecule has 1 aromatic carbocycles. The third-order valence-corrected chi connectivity index (χ3v) is 1.99. The molecule has 16 heavy (non-hydrogen) atoms. The summed E-state index contributed by atoms with van der Waals surface area (Å²) in [4.78, 5) is 0.